The first kappa shape index (κ1) is 34.9. The molecule has 14 heteroatoms. The molecule has 240 valence electrons. The van der Waals surface area contributed by atoms with Crippen LogP contribution in [0.3, 0.4) is 0 Å². The van der Waals surface area contributed by atoms with E-state index in [0.29, 0.717) is 5.56 Å². The Balaban J connectivity index is 2.30. The molecule has 1 aromatic rings. The monoisotopic (exact) mass is 645 g/mol. The molecule has 11 nitrogen and oxygen atoms in total. The number of nitrogens with two attached hydrogens (primary N) is 1. The molecule has 3 heterocycles. The van der Waals surface area contributed by atoms with Gasteiger partial charge < -0.3 is 19.3 Å². The zero-order chi connectivity index (χ0) is 32.4. The van der Waals surface area contributed by atoms with Crippen LogP contribution in [-0.2, 0) is 34.9 Å². The van der Waals surface area contributed by atoms with E-state index in [2.05, 4.69) is 62.3 Å². The van der Waals surface area contributed by atoms with Crippen LogP contribution in [0.4, 0.5) is 0 Å². The van der Waals surface area contributed by atoms with Crippen LogP contribution < -0.4 is 17.0 Å². The van der Waals surface area contributed by atoms with Crippen molar-refractivity contribution in [2.45, 2.75) is 128 Å². The van der Waals surface area contributed by atoms with E-state index in [0.717, 1.165) is 9.98 Å². The van der Waals surface area contributed by atoms with Gasteiger partial charge in [0.05, 0.1) is 17.7 Å². The lowest BCUT2D eigenvalue weighted by atomic mass is 9.89. The number of rotatable bonds is 9. The Morgan fingerprint density at radius 3 is 2.02 bits per heavy atom. The molecule has 42 heavy (non-hydrogen) atoms. The van der Waals surface area contributed by atoms with Crippen molar-refractivity contribution in [3.05, 3.63) is 43.7 Å². The Morgan fingerprint density at radius 1 is 1.07 bits per heavy atom. The number of aryl methyl sites for hydroxylation is 1. The van der Waals surface area contributed by atoms with Crippen LogP contribution in [0, 0.1) is 6.92 Å². The van der Waals surface area contributed by atoms with Gasteiger partial charge in [0.2, 0.25) is 0 Å². The minimum atomic E-state index is -4.20. The zero-order valence-electron chi connectivity index (χ0n) is 27.5. The zero-order valence-corrected chi connectivity index (χ0v) is 30.3. The van der Waals surface area contributed by atoms with Crippen LogP contribution in [0.5, 0.6) is 0 Å². The summed E-state index contributed by atoms with van der Waals surface area (Å²) < 4.78 is 54.6. The quantitative estimate of drug-likeness (QED) is 0.308. The van der Waals surface area contributed by atoms with Crippen molar-refractivity contribution >= 4 is 26.8 Å². The van der Waals surface area contributed by atoms with Crippen LogP contribution in [0.25, 0.3) is 0 Å². The third-order valence-electron chi connectivity index (χ3n) is 9.62. The Kier molecular flexibility index (Phi) is 9.50. The molecule has 0 saturated carbocycles. The fraction of sp³-hybridized carbons (Fsp3) is 0.786. The van der Waals surface area contributed by atoms with Crippen LogP contribution in [0.15, 0.2) is 26.9 Å². The van der Waals surface area contributed by atoms with Crippen LogP contribution in [0.1, 0.15) is 74.1 Å². The van der Waals surface area contributed by atoms with Gasteiger partial charge in [-0.3, -0.25) is 13.9 Å². The average molecular weight is 646 g/mol. The maximum Gasteiger partial charge on any atom is 0.332 e. The van der Waals surface area contributed by atoms with Gasteiger partial charge >= 0.3 is 5.69 Å². The van der Waals surface area contributed by atoms with Gasteiger partial charge in [0, 0.05) is 18.8 Å². The molecular weight excluding hydrogens is 595 g/mol. The molecule has 4 atom stereocenters. The highest BCUT2D eigenvalue weighted by Gasteiger charge is 2.67. The molecule has 1 fully saturated rings. The molecule has 0 radical (unpaired) electrons. The van der Waals surface area contributed by atoms with Gasteiger partial charge in [0.15, 0.2) is 28.5 Å². The van der Waals surface area contributed by atoms with Gasteiger partial charge in [0.1, 0.15) is 12.2 Å². The lowest BCUT2D eigenvalue weighted by Gasteiger charge is -2.45. The lowest BCUT2D eigenvalue weighted by Crippen LogP contribution is -2.59. The molecule has 1 saturated heterocycles. The second-order valence-corrected chi connectivity index (χ2v) is 25.9. The van der Waals surface area contributed by atoms with E-state index < -0.39 is 62.0 Å². The van der Waals surface area contributed by atoms with Crippen LogP contribution in [-0.4, -0.2) is 58.6 Å². The second kappa shape index (κ2) is 11.4. The van der Waals surface area contributed by atoms with Crippen molar-refractivity contribution in [3.63, 3.8) is 0 Å². The van der Waals surface area contributed by atoms with Crippen molar-refractivity contribution in [2.75, 3.05) is 6.61 Å². The smallest absolute Gasteiger partial charge is 0.332 e. The number of nitrogens with zero attached hydrogens (tertiary/aromatic N) is 2. The summed E-state index contributed by atoms with van der Waals surface area (Å²) in [6.45, 7) is 24.7. The molecule has 2 N–H and O–H groups in total. The molecule has 0 amide bonds. The Hall–Kier alpha value is -1.56. The summed E-state index contributed by atoms with van der Waals surface area (Å²) in [7, 11) is -7.93. The fourth-order valence-electron chi connectivity index (χ4n) is 6.46. The van der Waals surface area contributed by atoms with Gasteiger partial charge in [-0.05, 0) is 41.7 Å². The van der Waals surface area contributed by atoms with Gasteiger partial charge in [-0.2, -0.15) is 8.42 Å². The van der Waals surface area contributed by atoms with E-state index in [1.54, 1.807) is 6.92 Å². The summed E-state index contributed by atoms with van der Waals surface area (Å²) in [5.74, 6) is 0. The number of hydrogen-bond donors (Lipinski definition) is 1. The van der Waals surface area contributed by atoms with Crippen molar-refractivity contribution in [3.8, 4) is 0 Å². The standard InChI is InChI=1S/C28H51N3O8SSi2/c1-17(2)42(18(3)4,19(5)6)36-15-22-28(21(29)16-40(34,35)39-28)23(38-41(12,13)27(8,9)10)25(37-22)31-14-20(7)24(32)30(11)26(31)33/h14,16-19,22-23,25H,15,29H2,1-13H3/t22-,23+,25-,28-/m1/s1. The van der Waals surface area contributed by atoms with E-state index >= 15 is 0 Å². The van der Waals surface area contributed by atoms with Gasteiger partial charge in [-0.15, -0.1) is 0 Å². The maximum atomic E-state index is 13.5. The van der Waals surface area contributed by atoms with E-state index in [4.69, 9.17) is 23.5 Å². The molecule has 0 aromatic carbocycles. The SMILES string of the molecule is Cc1cn([C@@H]2O[C@H](CO[Si](C(C)C)(C(C)C)C(C)C)[C@@]3(OS(=O)(=O)C=C3N)[C@H]2O[Si](C)(C)C(C)(C)C)c(=O)n(C)c1=O. The second-order valence-electron chi connectivity index (χ2n) is 14.3. The van der Waals surface area contributed by atoms with Crippen molar-refractivity contribution in [1.29, 1.82) is 0 Å². The molecule has 1 aromatic heterocycles. The minimum Gasteiger partial charge on any atom is -0.413 e. The van der Waals surface area contributed by atoms with Gasteiger partial charge in [-0.25, -0.2) is 8.98 Å². The van der Waals surface area contributed by atoms with E-state index in [1.165, 1.54) is 17.8 Å². The van der Waals surface area contributed by atoms with E-state index in [-0.39, 0.29) is 34.0 Å². The molecule has 1 spiro atoms. The van der Waals surface area contributed by atoms with Crippen LogP contribution in [0.2, 0.25) is 34.8 Å². The third kappa shape index (κ3) is 5.68. The first-order chi connectivity index (χ1) is 19.0. The fourth-order valence-corrected chi connectivity index (χ4v) is 14.4. The first-order valence-corrected chi connectivity index (χ1v) is 21.2. The highest BCUT2D eigenvalue weighted by Crippen LogP contribution is 2.52. The number of aromatic nitrogens is 2. The Labute approximate surface area is 252 Å². The third-order valence-corrected chi connectivity index (χ3v) is 21.2. The number of ether oxygens (including phenoxy) is 1. The average Bonchev–Trinajstić information content (AvgIpc) is 3.25. The lowest BCUT2D eigenvalue weighted by molar-refractivity contribution is -0.0572. The molecule has 3 rings (SSSR count). The highest BCUT2D eigenvalue weighted by molar-refractivity contribution is 7.90. The molecule has 0 unspecified atom stereocenters. The summed E-state index contributed by atoms with van der Waals surface area (Å²) in [5, 5.41) is 0.614. The predicted molar refractivity (Wildman–Crippen MR) is 169 cm³/mol. The predicted octanol–water partition coefficient (Wildman–Crippen LogP) is 4.23. The maximum absolute atomic E-state index is 13.5. The van der Waals surface area contributed by atoms with Crippen molar-refractivity contribution in [1.82, 2.24) is 9.13 Å². The summed E-state index contributed by atoms with van der Waals surface area (Å²) in [6.07, 6.45) is -1.89. The highest BCUT2D eigenvalue weighted by atomic mass is 32.2. The minimum absolute atomic E-state index is 0.0157. The Morgan fingerprint density at radius 2 is 1.60 bits per heavy atom. The van der Waals surface area contributed by atoms with E-state index in [9.17, 15) is 18.0 Å². The van der Waals surface area contributed by atoms with Gasteiger partial charge in [-0.1, -0.05) is 62.3 Å². The molecule has 0 bridgehead atoms. The van der Waals surface area contributed by atoms with E-state index in [1.807, 2.05) is 13.1 Å². The van der Waals surface area contributed by atoms with Crippen molar-refractivity contribution in [2.24, 2.45) is 12.8 Å². The summed E-state index contributed by atoms with van der Waals surface area (Å²) in [6, 6.07) is 0. The molecular formula is C28H51N3O8SSi2. The van der Waals surface area contributed by atoms with Crippen molar-refractivity contribution < 1.29 is 26.2 Å². The summed E-state index contributed by atoms with van der Waals surface area (Å²) >= 11 is 0. The molecule has 0 aliphatic carbocycles. The molecule has 2 aliphatic heterocycles. The summed E-state index contributed by atoms with van der Waals surface area (Å²) in [5.41, 5.74) is 4.71. The first-order valence-electron chi connectivity index (χ1n) is 14.7. The summed E-state index contributed by atoms with van der Waals surface area (Å²) in [4.78, 5) is 26.1. The Bertz CT molecular complexity index is 1420. The largest absolute Gasteiger partial charge is 0.413 e. The molecule has 2 aliphatic rings. The van der Waals surface area contributed by atoms with Crippen LogP contribution >= 0.6 is 0 Å². The number of hydrogen-bond acceptors (Lipinski definition) is 9. The normalized spacial score (nSPS) is 26.7. The van der Waals surface area contributed by atoms with Gasteiger partial charge in [0.25, 0.3) is 15.7 Å². The topological polar surface area (TPSA) is 141 Å².